The van der Waals surface area contributed by atoms with E-state index in [9.17, 15) is 19.5 Å². The third-order valence-corrected chi connectivity index (χ3v) is 12.1. The van der Waals surface area contributed by atoms with Crippen LogP contribution in [-0.2, 0) is 33.3 Å². The van der Waals surface area contributed by atoms with Crippen LogP contribution in [0, 0.1) is 0 Å². The Morgan fingerprint density at radius 3 is 1.21 bits per heavy atom. The summed E-state index contributed by atoms with van der Waals surface area (Å²) in [6, 6.07) is 0. The summed E-state index contributed by atoms with van der Waals surface area (Å²) in [5.74, 6) is -2.01. The normalized spacial score (nSPS) is 13.1. The van der Waals surface area contributed by atoms with Crippen LogP contribution in [0.15, 0.2) is 48.6 Å². The number of unbranched alkanes of at least 4 members (excludes halogenated alkanes) is 28. The molecule has 9 heteroatoms. The monoisotopic (exact) mass is 945 g/mol. The maximum atomic E-state index is 12.9. The van der Waals surface area contributed by atoms with E-state index in [1.54, 1.807) is 0 Å². The molecular formula is C58H106NO8+. The number of carboxylic acid groups (broad SMARTS) is 1. The molecule has 390 valence electrons. The van der Waals surface area contributed by atoms with E-state index in [0.717, 1.165) is 70.6 Å². The fourth-order valence-electron chi connectivity index (χ4n) is 7.72. The zero-order chi connectivity index (χ0) is 49.2. The highest BCUT2D eigenvalue weighted by Crippen LogP contribution is 2.15. The summed E-state index contributed by atoms with van der Waals surface area (Å²) in [5, 5.41) is 9.68. The minimum absolute atomic E-state index is 0.186. The maximum absolute atomic E-state index is 12.9. The van der Waals surface area contributed by atoms with Gasteiger partial charge in [-0.05, 0) is 77.0 Å². The van der Waals surface area contributed by atoms with Crippen LogP contribution in [-0.4, -0.2) is 87.4 Å². The van der Waals surface area contributed by atoms with Gasteiger partial charge in [0.2, 0.25) is 0 Å². The third kappa shape index (κ3) is 50.9. The van der Waals surface area contributed by atoms with Gasteiger partial charge in [0.05, 0.1) is 34.4 Å². The van der Waals surface area contributed by atoms with Gasteiger partial charge in [0.1, 0.15) is 13.2 Å². The molecular weight excluding hydrogens is 839 g/mol. The quantitative estimate of drug-likeness (QED) is 0.0211. The lowest BCUT2D eigenvalue weighted by Crippen LogP contribution is -2.40. The molecule has 0 saturated heterocycles. The van der Waals surface area contributed by atoms with Crippen molar-refractivity contribution in [3.05, 3.63) is 48.6 Å². The van der Waals surface area contributed by atoms with Gasteiger partial charge in [0.25, 0.3) is 6.29 Å². The van der Waals surface area contributed by atoms with Gasteiger partial charge < -0.3 is 28.5 Å². The summed E-state index contributed by atoms with van der Waals surface area (Å²) in [4.78, 5) is 37.3. The lowest BCUT2D eigenvalue weighted by atomic mass is 10.0. The number of hydrogen-bond donors (Lipinski definition) is 1. The summed E-state index contributed by atoms with van der Waals surface area (Å²) < 4.78 is 22.8. The number of carbonyl (C=O) groups excluding carboxylic acids is 2. The average Bonchev–Trinajstić information content (AvgIpc) is 3.29. The van der Waals surface area contributed by atoms with Crippen LogP contribution in [0.3, 0.4) is 0 Å². The van der Waals surface area contributed by atoms with E-state index in [1.165, 1.54) is 148 Å². The average molecular weight is 945 g/mol. The Balaban J connectivity index is 4.24. The number of carboxylic acids is 1. The molecule has 67 heavy (non-hydrogen) atoms. The highest BCUT2D eigenvalue weighted by molar-refractivity contribution is 5.71. The van der Waals surface area contributed by atoms with Crippen molar-refractivity contribution in [2.24, 2.45) is 0 Å². The molecule has 0 aliphatic rings. The number of quaternary nitrogens is 1. The number of nitrogens with zero attached hydrogens (tertiary/aromatic N) is 1. The minimum atomic E-state index is -1.51. The third-order valence-electron chi connectivity index (χ3n) is 12.1. The summed E-state index contributed by atoms with van der Waals surface area (Å²) in [5.41, 5.74) is 0. The van der Waals surface area contributed by atoms with Crippen LogP contribution in [0.5, 0.6) is 0 Å². The lowest BCUT2D eigenvalue weighted by molar-refractivity contribution is -0.870. The Morgan fingerprint density at radius 2 is 0.806 bits per heavy atom. The fourth-order valence-corrected chi connectivity index (χ4v) is 7.72. The Morgan fingerprint density at radius 1 is 0.448 bits per heavy atom. The van der Waals surface area contributed by atoms with Crippen LogP contribution in [0.4, 0.5) is 0 Å². The van der Waals surface area contributed by atoms with E-state index in [1.807, 2.05) is 21.1 Å². The van der Waals surface area contributed by atoms with Gasteiger partial charge in [0, 0.05) is 12.8 Å². The molecule has 0 aromatic rings. The first-order valence-corrected chi connectivity index (χ1v) is 27.8. The molecule has 0 fully saturated rings. The number of likely N-dealkylation sites (N-methyl/N-ethyl adjacent to an activating group) is 1. The second kappa shape index (κ2) is 49.7. The maximum Gasteiger partial charge on any atom is 0.361 e. The minimum Gasteiger partial charge on any atom is -0.477 e. The van der Waals surface area contributed by atoms with Gasteiger partial charge in [-0.3, -0.25) is 9.59 Å². The van der Waals surface area contributed by atoms with Crippen LogP contribution < -0.4 is 0 Å². The second-order valence-electron chi connectivity index (χ2n) is 19.9. The van der Waals surface area contributed by atoms with Crippen molar-refractivity contribution in [3.8, 4) is 0 Å². The van der Waals surface area contributed by atoms with Crippen LogP contribution in [0.25, 0.3) is 0 Å². The molecule has 1 N–H and O–H groups in total. The van der Waals surface area contributed by atoms with Crippen molar-refractivity contribution in [1.29, 1.82) is 0 Å². The molecule has 2 unspecified atom stereocenters. The number of ether oxygens (including phenoxy) is 4. The van der Waals surface area contributed by atoms with Gasteiger partial charge in [-0.15, -0.1) is 0 Å². The lowest BCUT2D eigenvalue weighted by Gasteiger charge is -2.25. The van der Waals surface area contributed by atoms with Crippen molar-refractivity contribution in [2.75, 3.05) is 47.5 Å². The molecule has 0 aliphatic carbocycles. The predicted octanol–water partition coefficient (Wildman–Crippen LogP) is 15.9. The van der Waals surface area contributed by atoms with Gasteiger partial charge in [0.15, 0.2) is 6.10 Å². The number of rotatable bonds is 51. The smallest absolute Gasteiger partial charge is 0.361 e. The molecule has 0 aromatic heterocycles. The van der Waals surface area contributed by atoms with Crippen molar-refractivity contribution in [2.45, 2.75) is 257 Å². The van der Waals surface area contributed by atoms with E-state index in [-0.39, 0.29) is 32.2 Å². The van der Waals surface area contributed by atoms with Crippen LogP contribution in [0.2, 0.25) is 0 Å². The number of aliphatic carboxylic acids is 1. The van der Waals surface area contributed by atoms with E-state index in [0.29, 0.717) is 17.4 Å². The second-order valence-corrected chi connectivity index (χ2v) is 19.9. The fraction of sp³-hybridized carbons (Fsp3) is 0.810. The first kappa shape index (κ1) is 64.2. The van der Waals surface area contributed by atoms with Crippen molar-refractivity contribution < 1.29 is 42.9 Å². The summed E-state index contributed by atoms with van der Waals surface area (Å²) in [7, 11) is 5.96. The zero-order valence-corrected chi connectivity index (χ0v) is 44.3. The van der Waals surface area contributed by atoms with Crippen molar-refractivity contribution in [3.63, 3.8) is 0 Å². The Kier molecular flexibility index (Phi) is 47.6. The van der Waals surface area contributed by atoms with Gasteiger partial charge in [-0.25, -0.2) is 4.79 Å². The Bertz CT molecular complexity index is 1240. The Labute approximate surface area is 412 Å². The summed E-state index contributed by atoms with van der Waals surface area (Å²) in [6.45, 7) is 4.86. The van der Waals surface area contributed by atoms with Crippen LogP contribution in [0.1, 0.15) is 245 Å². The molecule has 0 aromatic carbocycles. The SMILES string of the molecule is CCCCCCC/C=C\C/C=C\C/C=C\CCCCCCCCCCCCCCC(=O)OC(COC(=O)CCCCCCC/C=C\CCCCCCCC)COC(OCC[N+](C)(C)C)C(=O)O. The number of esters is 2. The van der Waals surface area contributed by atoms with E-state index < -0.39 is 24.3 Å². The van der Waals surface area contributed by atoms with Gasteiger partial charge in [-0.2, -0.15) is 0 Å². The van der Waals surface area contributed by atoms with Crippen molar-refractivity contribution in [1.82, 2.24) is 0 Å². The topological polar surface area (TPSA) is 108 Å². The highest BCUT2D eigenvalue weighted by Gasteiger charge is 2.25. The van der Waals surface area contributed by atoms with Crippen LogP contribution >= 0.6 is 0 Å². The summed E-state index contributed by atoms with van der Waals surface area (Å²) >= 11 is 0. The molecule has 0 aliphatic heterocycles. The molecule has 0 spiro atoms. The van der Waals surface area contributed by atoms with E-state index >= 15 is 0 Å². The summed E-state index contributed by atoms with van der Waals surface area (Å²) in [6.07, 6.45) is 57.5. The number of hydrogen-bond acceptors (Lipinski definition) is 7. The van der Waals surface area contributed by atoms with E-state index in [2.05, 4.69) is 62.5 Å². The standard InChI is InChI=1S/C58H105NO8/c1-6-8-10-12-14-16-18-20-22-23-24-25-26-27-28-29-30-31-32-33-35-37-39-41-43-45-47-49-56(61)67-54(53-66-58(57(62)63)64-51-50-59(3,4)5)52-65-55(60)48-46-44-42-40-38-36-34-21-19-17-15-13-11-9-7-2/h18,20-21,23-24,26-27,34,54,58H,6-17,19,22,25,28-33,35-53H2,1-5H3/p+1/b20-18-,24-23-,27-26-,34-21-. The predicted molar refractivity (Wildman–Crippen MR) is 281 cm³/mol. The molecule has 0 bridgehead atoms. The molecule has 0 amide bonds. The molecule has 0 radical (unpaired) electrons. The molecule has 0 rings (SSSR count). The van der Waals surface area contributed by atoms with E-state index in [4.69, 9.17) is 18.9 Å². The number of carbonyl (C=O) groups is 3. The molecule has 9 nitrogen and oxygen atoms in total. The van der Waals surface area contributed by atoms with Crippen molar-refractivity contribution >= 4 is 17.9 Å². The first-order valence-electron chi connectivity index (χ1n) is 27.8. The molecule has 0 saturated carbocycles. The Hall–Kier alpha value is -2.75. The molecule has 0 heterocycles. The van der Waals surface area contributed by atoms with Gasteiger partial charge >= 0.3 is 17.9 Å². The molecule has 2 atom stereocenters. The number of allylic oxidation sites excluding steroid dienone is 8. The first-order chi connectivity index (χ1) is 32.6. The van der Waals surface area contributed by atoms with Gasteiger partial charge in [-0.1, -0.05) is 204 Å². The largest absolute Gasteiger partial charge is 0.477 e. The highest BCUT2D eigenvalue weighted by atomic mass is 16.7. The zero-order valence-electron chi connectivity index (χ0n) is 44.3.